The van der Waals surface area contributed by atoms with Crippen LogP contribution in [0, 0.1) is 0 Å². The first-order chi connectivity index (χ1) is 47.4. The number of aromatic nitrogens is 8. The fourth-order valence-corrected chi connectivity index (χ4v) is 21.2. The summed E-state index contributed by atoms with van der Waals surface area (Å²) in [4.78, 5) is 110. The molecule has 0 bridgehead atoms. The number of fused-ring (bicyclic) bond motifs is 12. The number of rotatable bonds is 7. The number of hydrogen-bond donors (Lipinski definition) is 7. The standard InChI is InChI=1S/C22H25N3OSi.C19H21N3O2Si.C18H19N3O3Si.C16H12BrN3O2/c1-15-7-10-19(22(26)24-15)25-20-14-16(27(2)12-3-4-13-27)8-9-17(20)18-6-5-11-23-21(18)25;1-12-6-9-16(19(23)21-12)22-17-11-13(25(2,3)24)7-8-14(17)15-5-4-10-20-18(15)22;1-11-5-8-15(18(22)20-11)21-16-10-12(25(2,23)24)6-7-13(16)14-4-3-9-19-17(14)21;17-9-3-4-12-11(8-9)10-2-1-7-18-15(10)20(12)13-5-6-14(21)19-16(13)22/h5-6,8-9,11,14,19H,1,3-4,7,10,12-13H2,2H3,(H,24,26);4-5,7-8,10-11,16,24H,1,6,9H2,2-3H3,(H,21,23);3-4,6-7,9-10,15,23-24H,1,5,8H2,2H3,(H,20,22);1-4,7-8,13H,5-6H2,(H,19,21,22). The zero-order chi connectivity index (χ0) is 69.4. The molecular weight excluding hydrogens is 1360 g/mol. The summed E-state index contributed by atoms with van der Waals surface area (Å²) in [5.74, 6) is -0.600. The van der Waals surface area contributed by atoms with Gasteiger partial charge in [-0.25, -0.2) is 19.9 Å². The molecule has 0 radical (unpaired) electrons. The lowest BCUT2D eigenvalue weighted by Gasteiger charge is -2.26. The third-order valence-electron chi connectivity index (χ3n) is 20.3. The van der Waals surface area contributed by atoms with Gasteiger partial charge in [0.05, 0.1) is 30.1 Å². The van der Waals surface area contributed by atoms with Crippen LogP contribution >= 0.6 is 15.9 Å². The van der Waals surface area contributed by atoms with Crippen molar-refractivity contribution in [2.75, 3.05) is 0 Å². The normalized spacial score (nSPS) is 19.8. The van der Waals surface area contributed by atoms with Crippen LogP contribution in [0.5, 0.6) is 0 Å². The number of hydrogen-bond acceptors (Lipinski definition) is 12. The van der Waals surface area contributed by atoms with E-state index < -0.39 is 37.0 Å². The van der Waals surface area contributed by atoms with Crippen molar-refractivity contribution in [3.63, 3.8) is 0 Å². The minimum absolute atomic E-state index is 0.0328. The van der Waals surface area contributed by atoms with Crippen molar-refractivity contribution in [2.24, 2.45) is 0 Å². The highest BCUT2D eigenvalue weighted by Gasteiger charge is 2.37. The highest BCUT2D eigenvalue weighted by Crippen LogP contribution is 2.40. The predicted molar refractivity (Wildman–Crippen MR) is 400 cm³/mol. The van der Waals surface area contributed by atoms with Gasteiger partial charge in [0.1, 0.15) is 46.8 Å². The number of imide groups is 1. The Morgan fingerprint density at radius 1 is 0.444 bits per heavy atom. The quantitative estimate of drug-likeness (QED) is 0.0580. The number of benzene rings is 4. The fraction of sp³-hybridized carbons (Fsp3) is 0.267. The average molecular weight is 1440 g/mol. The molecule has 5 aliphatic rings. The van der Waals surface area contributed by atoms with Gasteiger partial charge in [0.2, 0.25) is 37.9 Å². The second-order valence-electron chi connectivity index (χ2n) is 27.6. The smallest absolute Gasteiger partial charge is 0.363 e. The molecule has 7 N–H and O–H groups in total. The van der Waals surface area contributed by atoms with Crippen molar-refractivity contribution in [2.45, 2.75) is 127 Å². The Kier molecular flexibility index (Phi) is 17.7. The molecule has 0 spiro atoms. The van der Waals surface area contributed by atoms with Gasteiger partial charge < -0.3 is 48.6 Å². The topological polar surface area (TPSA) is 265 Å². The van der Waals surface area contributed by atoms with Gasteiger partial charge in [0, 0.05) is 95.9 Å². The van der Waals surface area contributed by atoms with Crippen LogP contribution in [0.2, 0.25) is 38.3 Å². The van der Waals surface area contributed by atoms with Crippen LogP contribution in [0.3, 0.4) is 0 Å². The van der Waals surface area contributed by atoms with Gasteiger partial charge in [-0.1, -0.05) is 109 Å². The monoisotopic (exact) mass is 1440 g/mol. The van der Waals surface area contributed by atoms with Gasteiger partial charge in [-0.3, -0.25) is 29.3 Å². The number of carbonyl (C=O) groups excluding carboxylic acids is 5. The molecule has 8 aromatic heterocycles. The van der Waals surface area contributed by atoms with Crippen LogP contribution < -0.4 is 36.8 Å². The van der Waals surface area contributed by atoms with Gasteiger partial charge >= 0.3 is 8.56 Å². The molecule has 5 saturated heterocycles. The summed E-state index contributed by atoms with van der Waals surface area (Å²) in [6.07, 6.45) is 15.0. The predicted octanol–water partition coefficient (Wildman–Crippen LogP) is 11.1. The summed E-state index contributed by atoms with van der Waals surface area (Å²) in [5, 5.41) is 22.4. The number of nitrogens with one attached hydrogen (secondary N) is 4. The second-order valence-corrected chi connectivity index (χ2v) is 39.5. The van der Waals surface area contributed by atoms with E-state index in [2.05, 4.69) is 112 Å². The van der Waals surface area contributed by atoms with E-state index in [1.807, 2.05) is 118 Å². The largest absolute Gasteiger partial charge is 0.428 e. The molecule has 504 valence electrons. The van der Waals surface area contributed by atoms with Gasteiger partial charge in [0.25, 0.3) is 0 Å². The lowest BCUT2D eigenvalue weighted by atomic mass is 10.0. The van der Waals surface area contributed by atoms with E-state index in [4.69, 9.17) is 0 Å². The molecule has 17 rings (SSSR count). The Bertz CT molecular complexity index is 5200. The number of halogens is 1. The Balaban J connectivity index is 0.000000113. The Morgan fingerprint density at radius 3 is 1.23 bits per heavy atom. The summed E-state index contributed by atoms with van der Waals surface area (Å²) in [7, 11) is -7.27. The van der Waals surface area contributed by atoms with Crippen molar-refractivity contribution in [3.05, 3.63) is 187 Å². The molecule has 0 saturated carbocycles. The molecule has 12 aromatic rings. The number of pyridine rings is 4. The first kappa shape index (κ1) is 66.7. The molecule has 99 heavy (non-hydrogen) atoms. The number of amides is 5. The lowest BCUT2D eigenvalue weighted by Crippen LogP contribution is -2.45. The van der Waals surface area contributed by atoms with Crippen molar-refractivity contribution >= 4 is 174 Å². The van der Waals surface area contributed by atoms with Crippen LogP contribution in [0.25, 0.3) is 87.7 Å². The van der Waals surface area contributed by atoms with Crippen LogP contribution in [-0.2, 0) is 24.0 Å². The highest BCUT2D eigenvalue weighted by molar-refractivity contribution is 9.10. The fourth-order valence-electron chi connectivity index (χ4n) is 15.2. The maximum atomic E-state index is 12.8. The Labute approximate surface area is 582 Å². The third kappa shape index (κ3) is 12.6. The molecule has 0 aliphatic carbocycles. The molecule has 5 amide bonds. The lowest BCUT2D eigenvalue weighted by molar-refractivity contribution is -0.135. The number of allylic oxidation sites excluding steroid dienone is 3. The molecular formula is C75H77BrN12O8Si3. The number of carbonyl (C=O) groups is 5. The minimum Gasteiger partial charge on any atom is -0.428 e. The van der Waals surface area contributed by atoms with E-state index in [0.717, 1.165) is 128 Å². The maximum absolute atomic E-state index is 12.8. The third-order valence-corrected chi connectivity index (χ3v) is 28.5. The van der Waals surface area contributed by atoms with Crippen LogP contribution in [0.4, 0.5) is 0 Å². The van der Waals surface area contributed by atoms with Gasteiger partial charge in [-0.2, -0.15) is 0 Å². The first-order valence-corrected chi connectivity index (χ1v) is 42.7. The molecule has 24 heteroatoms. The van der Waals surface area contributed by atoms with Crippen LogP contribution in [-0.4, -0.2) is 107 Å². The summed E-state index contributed by atoms with van der Waals surface area (Å²) in [5.41, 5.74) is 9.37. The molecule has 4 atom stereocenters. The summed E-state index contributed by atoms with van der Waals surface area (Å²) < 4.78 is 9.04. The van der Waals surface area contributed by atoms with Gasteiger partial charge in [-0.05, 0) is 160 Å². The summed E-state index contributed by atoms with van der Waals surface area (Å²) in [6.45, 7) is 19.4. The second kappa shape index (κ2) is 26.3. The average Bonchev–Trinajstić information content (AvgIpc) is 1.62. The van der Waals surface area contributed by atoms with E-state index >= 15 is 0 Å². The van der Waals surface area contributed by atoms with E-state index in [1.54, 1.807) is 30.7 Å². The van der Waals surface area contributed by atoms with Crippen LogP contribution in [0.15, 0.2) is 187 Å². The molecule has 13 heterocycles. The Hall–Kier alpha value is -9.54. The van der Waals surface area contributed by atoms with Crippen molar-refractivity contribution in [1.29, 1.82) is 0 Å². The number of piperidine rings is 4. The minimum atomic E-state index is -3.45. The van der Waals surface area contributed by atoms with Crippen LogP contribution in [0.1, 0.15) is 88.4 Å². The molecule has 5 fully saturated rings. The summed E-state index contributed by atoms with van der Waals surface area (Å²) in [6, 6.07) is 41.6. The van der Waals surface area contributed by atoms with E-state index in [1.165, 1.54) is 42.0 Å². The van der Waals surface area contributed by atoms with E-state index in [9.17, 15) is 38.4 Å². The SMILES string of the molecule is C=C1CCC(n2c3cc([Si](C)(C)O)ccc3c3cccnc32)C(=O)N1.C=C1CCC(n2c3cc([Si](C)(O)O)ccc3c3cccnc32)C(=O)N1.C=C1CCC(n2c3cc([Si]4(C)CCCC4)ccc3c3cccnc32)C(=O)N1.O=C1CCC(n2c3ccc(Br)cc3c3cccnc32)C(=O)N1. The Morgan fingerprint density at radius 2 is 0.818 bits per heavy atom. The maximum Gasteiger partial charge on any atom is 0.363 e. The molecule has 20 nitrogen and oxygen atoms in total. The van der Waals surface area contributed by atoms with Gasteiger partial charge in [-0.15, -0.1) is 0 Å². The van der Waals surface area contributed by atoms with Gasteiger partial charge in [0.15, 0.2) is 0 Å². The zero-order valence-corrected chi connectivity index (χ0v) is 60.2. The number of nitrogens with zero attached hydrogens (tertiary/aromatic N) is 8. The molecule has 5 aliphatic heterocycles. The molecule has 4 aromatic carbocycles. The summed E-state index contributed by atoms with van der Waals surface area (Å²) >= 11 is 3.49. The van der Waals surface area contributed by atoms with E-state index in [-0.39, 0.29) is 41.6 Å². The van der Waals surface area contributed by atoms with Crippen molar-refractivity contribution in [1.82, 2.24) is 59.5 Å². The zero-order valence-electron chi connectivity index (χ0n) is 55.6. The van der Waals surface area contributed by atoms with Crippen molar-refractivity contribution in [3.8, 4) is 0 Å². The molecule has 4 unspecified atom stereocenters. The highest BCUT2D eigenvalue weighted by atomic mass is 79.9. The van der Waals surface area contributed by atoms with Crippen molar-refractivity contribution < 1.29 is 38.4 Å². The van der Waals surface area contributed by atoms with E-state index in [0.29, 0.717) is 37.3 Å². The first-order valence-electron chi connectivity index (χ1n) is 33.6.